The molecule has 2 heterocycles. The van der Waals surface area contributed by atoms with Crippen LogP contribution in [0.1, 0.15) is 0 Å². The number of carboxylic acids is 1. The second-order valence-corrected chi connectivity index (χ2v) is 4.70. The highest BCUT2D eigenvalue weighted by Gasteiger charge is 2.53. The molecular formula is C10H10F3N5O4. The number of hydrogen-bond donors (Lipinski definition) is 2. The Hall–Kier alpha value is -2.66. The van der Waals surface area contributed by atoms with Gasteiger partial charge in [-0.25, -0.2) is 4.98 Å². The van der Waals surface area contributed by atoms with E-state index in [9.17, 15) is 28.1 Å². The lowest BCUT2D eigenvalue weighted by atomic mass is 9.96. The highest BCUT2D eigenvalue weighted by atomic mass is 19.4. The van der Waals surface area contributed by atoms with Crippen molar-refractivity contribution in [1.82, 2.24) is 9.97 Å². The summed E-state index contributed by atoms with van der Waals surface area (Å²) in [7, 11) is 0. The Labute approximate surface area is 120 Å². The van der Waals surface area contributed by atoms with Gasteiger partial charge in [0.05, 0.1) is 16.8 Å². The van der Waals surface area contributed by atoms with E-state index in [0.29, 0.717) is 0 Å². The van der Waals surface area contributed by atoms with E-state index in [1.54, 1.807) is 0 Å². The maximum absolute atomic E-state index is 12.9. The van der Waals surface area contributed by atoms with Crippen molar-refractivity contribution >= 4 is 23.4 Å². The van der Waals surface area contributed by atoms with Crippen molar-refractivity contribution in [2.24, 2.45) is 11.8 Å². The minimum Gasteiger partial charge on any atom is -0.481 e. The summed E-state index contributed by atoms with van der Waals surface area (Å²) in [6, 6.07) is 0. The van der Waals surface area contributed by atoms with Crippen LogP contribution < -0.4 is 10.6 Å². The molecule has 0 saturated carbocycles. The molecule has 1 saturated heterocycles. The van der Waals surface area contributed by atoms with Gasteiger partial charge in [0.25, 0.3) is 0 Å². The number of aromatic nitrogens is 2. The molecule has 0 aliphatic carbocycles. The van der Waals surface area contributed by atoms with E-state index in [1.807, 2.05) is 0 Å². The smallest absolute Gasteiger partial charge is 0.394 e. The quantitative estimate of drug-likeness (QED) is 0.612. The number of alkyl halides is 3. The van der Waals surface area contributed by atoms with Crippen LogP contribution in [0.2, 0.25) is 0 Å². The standard InChI is InChI=1S/C10H10F3N5O4/c11-10(12,13)5-3-17(2-4(5)8(19)20)9-15-1-6(18(21)22)7(14)16-9/h1,4-5H,2-3H2,(H,19,20)(H2,14,15,16)/t4-,5-/m1/s1. The number of nitro groups is 1. The van der Waals surface area contributed by atoms with Crippen LogP contribution in [0.25, 0.3) is 0 Å². The predicted octanol–water partition coefficient (Wildman–Crippen LogP) is 0.666. The minimum atomic E-state index is -4.69. The number of halogens is 3. The average molecular weight is 321 g/mol. The van der Waals surface area contributed by atoms with E-state index in [1.165, 1.54) is 0 Å². The third-order valence-electron chi connectivity index (χ3n) is 3.32. The summed E-state index contributed by atoms with van der Waals surface area (Å²) in [5, 5.41) is 19.5. The first-order valence-electron chi connectivity index (χ1n) is 5.92. The fourth-order valence-corrected chi connectivity index (χ4v) is 2.22. The van der Waals surface area contributed by atoms with Crippen LogP contribution in [-0.4, -0.2) is 45.2 Å². The van der Waals surface area contributed by atoms with Gasteiger partial charge in [-0.15, -0.1) is 0 Å². The van der Waals surface area contributed by atoms with Crippen molar-refractivity contribution in [3.8, 4) is 0 Å². The fourth-order valence-electron chi connectivity index (χ4n) is 2.22. The molecule has 3 N–H and O–H groups in total. The second kappa shape index (κ2) is 5.27. The zero-order valence-corrected chi connectivity index (χ0v) is 10.8. The normalized spacial score (nSPS) is 21.9. The molecule has 22 heavy (non-hydrogen) atoms. The van der Waals surface area contributed by atoms with E-state index < -0.39 is 53.5 Å². The van der Waals surface area contributed by atoms with E-state index in [0.717, 1.165) is 11.1 Å². The number of nitrogens with two attached hydrogens (primary N) is 1. The Morgan fingerprint density at radius 3 is 2.55 bits per heavy atom. The summed E-state index contributed by atoms with van der Waals surface area (Å²) in [5.74, 6) is -6.11. The number of hydrogen-bond acceptors (Lipinski definition) is 7. The van der Waals surface area contributed by atoms with Crippen LogP contribution in [-0.2, 0) is 4.79 Å². The fraction of sp³-hybridized carbons (Fsp3) is 0.500. The highest BCUT2D eigenvalue weighted by Crippen LogP contribution is 2.39. The maximum Gasteiger partial charge on any atom is 0.394 e. The molecule has 0 aromatic carbocycles. The largest absolute Gasteiger partial charge is 0.481 e. The average Bonchev–Trinajstić information content (AvgIpc) is 2.83. The third kappa shape index (κ3) is 2.84. The molecule has 0 radical (unpaired) electrons. The number of aliphatic carboxylic acids is 1. The molecule has 0 unspecified atom stereocenters. The summed E-state index contributed by atoms with van der Waals surface area (Å²) in [4.78, 5) is 28.9. The monoisotopic (exact) mass is 321 g/mol. The van der Waals surface area contributed by atoms with Gasteiger partial charge in [-0.05, 0) is 0 Å². The molecule has 120 valence electrons. The molecule has 1 aliphatic heterocycles. The van der Waals surface area contributed by atoms with Crippen molar-refractivity contribution in [2.75, 3.05) is 23.7 Å². The number of nitrogens with zero attached hydrogens (tertiary/aromatic N) is 4. The minimum absolute atomic E-state index is 0.277. The summed E-state index contributed by atoms with van der Waals surface area (Å²) < 4.78 is 38.6. The number of carboxylic acid groups (broad SMARTS) is 1. The van der Waals surface area contributed by atoms with Crippen LogP contribution in [0.4, 0.5) is 30.6 Å². The highest BCUT2D eigenvalue weighted by molar-refractivity contribution is 5.72. The van der Waals surface area contributed by atoms with Gasteiger partial charge in [-0.3, -0.25) is 14.9 Å². The van der Waals surface area contributed by atoms with Gasteiger partial charge >= 0.3 is 17.8 Å². The number of nitrogen functional groups attached to an aromatic ring is 1. The van der Waals surface area contributed by atoms with Gasteiger partial charge in [0.2, 0.25) is 11.8 Å². The molecule has 9 nitrogen and oxygen atoms in total. The molecule has 12 heteroatoms. The Bertz CT molecular complexity index is 623. The Kier molecular flexibility index (Phi) is 3.77. The molecule has 1 aliphatic rings. The topological polar surface area (TPSA) is 135 Å². The van der Waals surface area contributed by atoms with Crippen molar-refractivity contribution in [3.63, 3.8) is 0 Å². The first-order chi connectivity index (χ1) is 10.1. The van der Waals surface area contributed by atoms with Gasteiger partial charge in [-0.2, -0.15) is 18.2 Å². The van der Waals surface area contributed by atoms with E-state index in [2.05, 4.69) is 9.97 Å². The molecule has 1 fully saturated rings. The molecule has 2 atom stereocenters. The van der Waals surface area contributed by atoms with Crippen LogP contribution in [0.15, 0.2) is 6.20 Å². The van der Waals surface area contributed by atoms with Gasteiger partial charge in [0.1, 0.15) is 6.20 Å². The number of carbonyl (C=O) groups is 1. The summed E-state index contributed by atoms with van der Waals surface area (Å²) >= 11 is 0. The van der Waals surface area contributed by atoms with Crippen LogP contribution in [0, 0.1) is 22.0 Å². The first kappa shape index (κ1) is 15.7. The third-order valence-corrected chi connectivity index (χ3v) is 3.32. The van der Waals surface area contributed by atoms with Crippen molar-refractivity contribution in [1.29, 1.82) is 0 Å². The zero-order valence-electron chi connectivity index (χ0n) is 10.8. The lowest BCUT2D eigenvalue weighted by molar-refractivity contribution is -0.384. The Morgan fingerprint density at radius 1 is 1.50 bits per heavy atom. The van der Waals surface area contributed by atoms with Gasteiger partial charge in [-0.1, -0.05) is 0 Å². The van der Waals surface area contributed by atoms with Crippen molar-refractivity contribution in [2.45, 2.75) is 6.18 Å². The Balaban J connectivity index is 2.29. The lowest BCUT2D eigenvalue weighted by Gasteiger charge is -2.18. The molecule has 0 spiro atoms. The molecule has 0 bridgehead atoms. The summed E-state index contributed by atoms with van der Waals surface area (Å²) in [5.41, 5.74) is 4.77. The van der Waals surface area contributed by atoms with Crippen molar-refractivity contribution < 1.29 is 28.0 Å². The number of rotatable bonds is 3. The molecule has 0 amide bonds. The van der Waals surface area contributed by atoms with E-state index in [4.69, 9.17) is 10.8 Å². The van der Waals surface area contributed by atoms with E-state index in [-0.39, 0.29) is 5.95 Å². The molecule has 1 aromatic rings. The molecule has 2 rings (SSSR count). The maximum atomic E-state index is 12.9. The van der Waals surface area contributed by atoms with Crippen LogP contribution >= 0.6 is 0 Å². The first-order valence-corrected chi connectivity index (χ1v) is 5.92. The zero-order chi connectivity index (χ0) is 16.7. The van der Waals surface area contributed by atoms with Crippen LogP contribution in [0.5, 0.6) is 0 Å². The van der Waals surface area contributed by atoms with Crippen LogP contribution in [0.3, 0.4) is 0 Å². The molecular weight excluding hydrogens is 311 g/mol. The predicted molar refractivity (Wildman–Crippen MR) is 66.0 cm³/mol. The van der Waals surface area contributed by atoms with Gasteiger partial charge in [0.15, 0.2) is 0 Å². The second-order valence-electron chi connectivity index (χ2n) is 4.70. The van der Waals surface area contributed by atoms with Gasteiger partial charge < -0.3 is 15.7 Å². The van der Waals surface area contributed by atoms with Gasteiger partial charge in [0, 0.05) is 13.1 Å². The van der Waals surface area contributed by atoms with Crippen molar-refractivity contribution in [3.05, 3.63) is 16.3 Å². The molecule has 1 aromatic heterocycles. The summed E-state index contributed by atoms with van der Waals surface area (Å²) in [6.07, 6.45) is -3.92. The van der Waals surface area contributed by atoms with E-state index >= 15 is 0 Å². The SMILES string of the molecule is Nc1nc(N2C[C@@H](C(F)(F)F)[C@H](C(=O)O)C2)ncc1[N+](=O)[O-]. The summed E-state index contributed by atoms with van der Waals surface area (Å²) in [6.45, 7) is -1.12. The Morgan fingerprint density at radius 2 is 2.14 bits per heavy atom. The number of anilines is 2. The lowest BCUT2D eigenvalue weighted by Crippen LogP contribution is -2.33.